The van der Waals surface area contributed by atoms with Crippen molar-refractivity contribution in [1.82, 2.24) is 10.3 Å². The fraction of sp³-hybridized carbons (Fsp3) is 0.400. The molecule has 3 nitrogen and oxygen atoms in total. The van der Waals surface area contributed by atoms with E-state index >= 15 is 0 Å². The van der Waals surface area contributed by atoms with E-state index in [1.807, 2.05) is 6.92 Å². The normalized spacial score (nSPS) is 9.80. The Morgan fingerprint density at radius 2 is 2.27 bits per heavy atom. The molecule has 0 aliphatic rings. The molecule has 82 valence electrons. The summed E-state index contributed by atoms with van der Waals surface area (Å²) in [5, 5.41) is 7.31. The predicted molar refractivity (Wildman–Crippen MR) is 68.5 cm³/mol. The molecular formula is C10H14ClN3S. The molecule has 0 fully saturated rings. The van der Waals surface area contributed by atoms with E-state index in [9.17, 15) is 0 Å². The van der Waals surface area contributed by atoms with Crippen molar-refractivity contribution in [1.29, 1.82) is 0 Å². The SMILES string of the molecule is CCCNC(=S)Nc1ccc(Cl)c(C)n1. The Kier molecular flexibility index (Phi) is 4.78. The number of rotatable bonds is 3. The minimum atomic E-state index is 0.589. The van der Waals surface area contributed by atoms with Gasteiger partial charge in [-0.15, -0.1) is 0 Å². The van der Waals surface area contributed by atoms with Gasteiger partial charge in [-0.2, -0.15) is 0 Å². The van der Waals surface area contributed by atoms with Crippen LogP contribution in [-0.4, -0.2) is 16.6 Å². The van der Waals surface area contributed by atoms with E-state index in [1.54, 1.807) is 12.1 Å². The Hall–Kier alpha value is -0.870. The molecule has 0 bridgehead atoms. The lowest BCUT2D eigenvalue weighted by molar-refractivity contribution is 0.846. The second-order valence-electron chi connectivity index (χ2n) is 3.14. The van der Waals surface area contributed by atoms with Crippen LogP contribution in [-0.2, 0) is 0 Å². The average Bonchev–Trinajstić information content (AvgIpc) is 2.20. The molecule has 15 heavy (non-hydrogen) atoms. The molecule has 1 heterocycles. The number of anilines is 1. The highest BCUT2D eigenvalue weighted by atomic mass is 35.5. The van der Waals surface area contributed by atoms with Gasteiger partial charge >= 0.3 is 0 Å². The average molecular weight is 244 g/mol. The second-order valence-corrected chi connectivity index (χ2v) is 3.96. The van der Waals surface area contributed by atoms with Crippen LogP contribution in [0, 0.1) is 6.92 Å². The lowest BCUT2D eigenvalue weighted by atomic mass is 10.4. The zero-order valence-electron chi connectivity index (χ0n) is 8.80. The molecule has 0 aliphatic carbocycles. The highest BCUT2D eigenvalue weighted by molar-refractivity contribution is 7.80. The number of nitrogens with zero attached hydrogens (tertiary/aromatic N) is 1. The summed E-state index contributed by atoms with van der Waals surface area (Å²) in [6.07, 6.45) is 1.04. The third-order valence-corrected chi connectivity index (χ3v) is 2.44. The molecule has 2 N–H and O–H groups in total. The summed E-state index contributed by atoms with van der Waals surface area (Å²) < 4.78 is 0. The van der Waals surface area contributed by atoms with Crippen molar-refractivity contribution in [3.63, 3.8) is 0 Å². The minimum absolute atomic E-state index is 0.589. The number of aryl methyl sites for hydroxylation is 1. The number of aromatic nitrogens is 1. The molecule has 0 spiro atoms. The van der Waals surface area contributed by atoms with E-state index in [2.05, 4.69) is 22.5 Å². The van der Waals surface area contributed by atoms with Crippen molar-refractivity contribution in [2.45, 2.75) is 20.3 Å². The number of pyridine rings is 1. The third kappa shape index (κ3) is 4.01. The zero-order chi connectivity index (χ0) is 11.3. The van der Waals surface area contributed by atoms with Crippen LogP contribution in [0.3, 0.4) is 0 Å². The fourth-order valence-corrected chi connectivity index (χ4v) is 1.32. The number of nitrogens with one attached hydrogen (secondary N) is 2. The molecule has 0 aliphatic heterocycles. The van der Waals surface area contributed by atoms with Crippen molar-refractivity contribution < 1.29 is 0 Å². The summed E-state index contributed by atoms with van der Waals surface area (Å²) >= 11 is 10.9. The molecule has 0 unspecified atom stereocenters. The third-order valence-electron chi connectivity index (χ3n) is 1.80. The quantitative estimate of drug-likeness (QED) is 0.801. The highest BCUT2D eigenvalue weighted by Gasteiger charge is 2.00. The molecule has 1 rings (SSSR count). The molecule has 1 aromatic heterocycles. The number of halogens is 1. The van der Waals surface area contributed by atoms with Gasteiger partial charge in [0.2, 0.25) is 0 Å². The first-order valence-electron chi connectivity index (χ1n) is 4.81. The fourth-order valence-electron chi connectivity index (χ4n) is 1.01. The van der Waals surface area contributed by atoms with Gasteiger partial charge in [0, 0.05) is 6.54 Å². The molecule has 1 aromatic rings. The first kappa shape index (κ1) is 12.2. The monoisotopic (exact) mass is 243 g/mol. The maximum absolute atomic E-state index is 5.86. The van der Waals surface area contributed by atoms with Crippen LogP contribution in [0.4, 0.5) is 5.82 Å². The minimum Gasteiger partial charge on any atom is -0.362 e. The maximum Gasteiger partial charge on any atom is 0.171 e. The Morgan fingerprint density at radius 1 is 1.53 bits per heavy atom. The highest BCUT2D eigenvalue weighted by Crippen LogP contribution is 2.15. The number of hydrogen-bond acceptors (Lipinski definition) is 2. The van der Waals surface area contributed by atoms with Crippen molar-refractivity contribution in [3.05, 3.63) is 22.8 Å². The smallest absolute Gasteiger partial charge is 0.171 e. The Bertz CT molecular complexity index is 355. The van der Waals surface area contributed by atoms with Gasteiger partial charge in [-0.25, -0.2) is 4.98 Å². The number of thiocarbonyl (C=S) groups is 1. The lowest BCUT2D eigenvalue weighted by Gasteiger charge is -2.09. The van der Waals surface area contributed by atoms with E-state index < -0.39 is 0 Å². The number of hydrogen-bond donors (Lipinski definition) is 2. The summed E-state index contributed by atoms with van der Waals surface area (Å²) in [5.74, 6) is 0.713. The molecule has 5 heteroatoms. The summed E-state index contributed by atoms with van der Waals surface area (Å²) in [6, 6.07) is 3.60. The Morgan fingerprint density at radius 3 is 2.87 bits per heavy atom. The van der Waals surface area contributed by atoms with Gasteiger partial charge in [0.15, 0.2) is 5.11 Å². The van der Waals surface area contributed by atoms with Gasteiger partial charge in [0.25, 0.3) is 0 Å². The van der Waals surface area contributed by atoms with Gasteiger partial charge in [-0.3, -0.25) is 0 Å². The lowest BCUT2D eigenvalue weighted by Crippen LogP contribution is -2.29. The first-order valence-corrected chi connectivity index (χ1v) is 5.60. The maximum atomic E-state index is 5.86. The van der Waals surface area contributed by atoms with Gasteiger partial charge in [0.05, 0.1) is 10.7 Å². The molecule has 0 aromatic carbocycles. The van der Waals surface area contributed by atoms with Crippen molar-refractivity contribution >= 4 is 34.7 Å². The summed E-state index contributed by atoms with van der Waals surface area (Å²) in [5.41, 5.74) is 0.792. The van der Waals surface area contributed by atoms with Crippen molar-refractivity contribution in [2.75, 3.05) is 11.9 Å². The van der Waals surface area contributed by atoms with Crippen LogP contribution in [0.15, 0.2) is 12.1 Å². The molecule has 0 atom stereocenters. The molecular weight excluding hydrogens is 230 g/mol. The van der Waals surface area contributed by atoms with Gasteiger partial charge < -0.3 is 10.6 Å². The standard InChI is InChI=1S/C10H14ClN3S/c1-3-6-12-10(15)14-9-5-4-8(11)7(2)13-9/h4-5H,3,6H2,1-2H3,(H2,12,13,14,15). The van der Waals surface area contributed by atoms with Gasteiger partial charge in [-0.05, 0) is 37.7 Å². The van der Waals surface area contributed by atoms with Crippen LogP contribution in [0.25, 0.3) is 0 Å². The van der Waals surface area contributed by atoms with Gasteiger partial charge in [-0.1, -0.05) is 18.5 Å². The molecule has 0 saturated heterocycles. The second kappa shape index (κ2) is 5.88. The van der Waals surface area contributed by atoms with E-state index in [0.29, 0.717) is 16.0 Å². The molecule has 0 radical (unpaired) electrons. The van der Waals surface area contributed by atoms with E-state index in [4.69, 9.17) is 23.8 Å². The van der Waals surface area contributed by atoms with Gasteiger partial charge in [0.1, 0.15) is 5.82 Å². The van der Waals surface area contributed by atoms with Crippen LogP contribution in [0.1, 0.15) is 19.0 Å². The summed E-state index contributed by atoms with van der Waals surface area (Å²) in [7, 11) is 0. The molecule has 0 amide bonds. The van der Waals surface area contributed by atoms with Crippen LogP contribution in [0.2, 0.25) is 5.02 Å². The summed E-state index contributed by atoms with van der Waals surface area (Å²) in [4.78, 5) is 4.25. The zero-order valence-corrected chi connectivity index (χ0v) is 10.4. The Labute approximate surface area is 100 Å². The predicted octanol–water partition coefficient (Wildman–Crippen LogP) is 2.74. The van der Waals surface area contributed by atoms with E-state index in [1.165, 1.54) is 0 Å². The van der Waals surface area contributed by atoms with E-state index in [-0.39, 0.29) is 0 Å². The summed E-state index contributed by atoms with van der Waals surface area (Å²) in [6.45, 7) is 4.80. The van der Waals surface area contributed by atoms with Crippen LogP contribution >= 0.6 is 23.8 Å². The van der Waals surface area contributed by atoms with Crippen molar-refractivity contribution in [3.8, 4) is 0 Å². The van der Waals surface area contributed by atoms with Crippen LogP contribution in [0.5, 0.6) is 0 Å². The van der Waals surface area contributed by atoms with Crippen molar-refractivity contribution in [2.24, 2.45) is 0 Å². The first-order chi connectivity index (χ1) is 7.13. The van der Waals surface area contributed by atoms with E-state index in [0.717, 1.165) is 18.7 Å². The Balaban J connectivity index is 2.57. The van der Waals surface area contributed by atoms with Crippen LogP contribution < -0.4 is 10.6 Å². The largest absolute Gasteiger partial charge is 0.362 e. The molecule has 0 saturated carbocycles. The topological polar surface area (TPSA) is 37.0 Å².